The summed E-state index contributed by atoms with van der Waals surface area (Å²) < 4.78 is 16.5. The standard InChI is InChI=1S/C28H30N2O5/c1-32-23-12-8-11-22(15-23)17-30(28(31)20-34-19-21-9-4-3-5-10-21)18-24-16-26(29-35-24)25-13-6-7-14-27(25)33-2/h3-15,24H,16-20H2,1-2H3. The van der Waals surface area contributed by atoms with E-state index in [-0.39, 0.29) is 18.6 Å². The van der Waals surface area contributed by atoms with Crippen molar-refractivity contribution >= 4 is 11.6 Å². The summed E-state index contributed by atoms with van der Waals surface area (Å²) in [6.07, 6.45) is 0.311. The molecule has 0 saturated heterocycles. The largest absolute Gasteiger partial charge is 0.497 e. The lowest BCUT2D eigenvalue weighted by Crippen LogP contribution is -2.39. The molecule has 3 aromatic carbocycles. The Kier molecular flexibility index (Phi) is 8.35. The molecule has 182 valence electrons. The molecule has 0 bridgehead atoms. The third-order valence-electron chi connectivity index (χ3n) is 5.77. The van der Waals surface area contributed by atoms with Crippen molar-refractivity contribution in [3.63, 3.8) is 0 Å². The summed E-state index contributed by atoms with van der Waals surface area (Å²) in [6.45, 7) is 1.15. The predicted molar refractivity (Wildman–Crippen MR) is 134 cm³/mol. The Balaban J connectivity index is 1.42. The zero-order chi connectivity index (χ0) is 24.5. The van der Waals surface area contributed by atoms with Crippen molar-refractivity contribution in [2.75, 3.05) is 27.4 Å². The van der Waals surface area contributed by atoms with Gasteiger partial charge in [-0.2, -0.15) is 0 Å². The predicted octanol–water partition coefficient (Wildman–Crippen LogP) is 4.44. The quantitative estimate of drug-likeness (QED) is 0.411. The van der Waals surface area contributed by atoms with Crippen molar-refractivity contribution < 1.29 is 23.8 Å². The van der Waals surface area contributed by atoms with Crippen LogP contribution in [-0.4, -0.2) is 50.0 Å². The average molecular weight is 475 g/mol. The van der Waals surface area contributed by atoms with Crippen LogP contribution < -0.4 is 9.47 Å². The molecule has 1 heterocycles. The molecule has 0 spiro atoms. The normalized spacial score (nSPS) is 14.7. The lowest BCUT2D eigenvalue weighted by Gasteiger charge is -2.25. The average Bonchev–Trinajstić information content (AvgIpc) is 3.37. The SMILES string of the molecule is COc1cccc(CN(CC2CC(c3ccccc3OC)=NO2)C(=O)COCc2ccccc2)c1. The van der Waals surface area contributed by atoms with Crippen molar-refractivity contribution in [3.05, 3.63) is 95.6 Å². The minimum atomic E-state index is -0.265. The zero-order valence-electron chi connectivity index (χ0n) is 20.1. The Bertz CT molecular complexity index is 1150. The molecular formula is C28H30N2O5. The van der Waals surface area contributed by atoms with Gasteiger partial charge in [-0.25, -0.2) is 0 Å². The summed E-state index contributed by atoms with van der Waals surface area (Å²) in [5, 5.41) is 4.29. The van der Waals surface area contributed by atoms with Gasteiger partial charge in [0.2, 0.25) is 5.91 Å². The van der Waals surface area contributed by atoms with E-state index in [9.17, 15) is 4.79 Å². The Morgan fingerprint density at radius 1 is 0.971 bits per heavy atom. The molecule has 0 aliphatic carbocycles. The third-order valence-corrected chi connectivity index (χ3v) is 5.77. The molecule has 7 heteroatoms. The highest BCUT2D eigenvalue weighted by atomic mass is 16.6. The first-order valence-electron chi connectivity index (χ1n) is 11.5. The van der Waals surface area contributed by atoms with Gasteiger partial charge in [-0.3, -0.25) is 4.79 Å². The lowest BCUT2D eigenvalue weighted by molar-refractivity contribution is -0.139. The topological polar surface area (TPSA) is 69.6 Å². The van der Waals surface area contributed by atoms with Gasteiger partial charge in [0.1, 0.15) is 18.1 Å². The molecule has 35 heavy (non-hydrogen) atoms. The van der Waals surface area contributed by atoms with Gasteiger partial charge in [0.15, 0.2) is 6.10 Å². The van der Waals surface area contributed by atoms with Crippen LogP contribution in [0.2, 0.25) is 0 Å². The lowest BCUT2D eigenvalue weighted by atomic mass is 10.0. The Labute approximate surface area is 205 Å². The van der Waals surface area contributed by atoms with E-state index in [0.717, 1.165) is 33.9 Å². The summed E-state index contributed by atoms with van der Waals surface area (Å²) in [5.74, 6) is 1.38. The molecule has 0 fully saturated rings. The molecule has 4 rings (SSSR count). The summed E-state index contributed by atoms with van der Waals surface area (Å²) in [6, 6.07) is 25.2. The number of rotatable bonds is 11. The number of carbonyl (C=O) groups excluding carboxylic acids is 1. The fourth-order valence-corrected chi connectivity index (χ4v) is 3.98. The van der Waals surface area contributed by atoms with Crippen LogP contribution in [0.5, 0.6) is 11.5 Å². The first-order valence-corrected chi connectivity index (χ1v) is 11.5. The van der Waals surface area contributed by atoms with Crippen molar-refractivity contribution in [1.82, 2.24) is 4.90 Å². The number of carbonyl (C=O) groups is 1. The van der Waals surface area contributed by atoms with Crippen molar-refractivity contribution in [3.8, 4) is 11.5 Å². The van der Waals surface area contributed by atoms with Gasteiger partial charge in [0.25, 0.3) is 0 Å². The molecule has 1 amide bonds. The number of methoxy groups -OCH3 is 2. The van der Waals surface area contributed by atoms with E-state index in [2.05, 4.69) is 5.16 Å². The minimum Gasteiger partial charge on any atom is -0.497 e. The molecule has 0 N–H and O–H groups in total. The number of ether oxygens (including phenoxy) is 3. The van der Waals surface area contributed by atoms with E-state index in [1.54, 1.807) is 19.1 Å². The van der Waals surface area contributed by atoms with Crippen molar-refractivity contribution in [2.45, 2.75) is 25.7 Å². The van der Waals surface area contributed by atoms with Gasteiger partial charge >= 0.3 is 0 Å². The van der Waals surface area contributed by atoms with E-state index in [0.29, 0.717) is 26.1 Å². The summed E-state index contributed by atoms with van der Waals surface area (Å²) in [5.41, 5.74) is 3.69. The minimum absolute atomic E-state index is 0.0220. The Morgan fingerprint density at radius 3 is 2.54 bits per heavy atom. The maximum Gasteiger partial charge on any atom is 0.249 e. The van der Waals surface area contributed by atoms with E-state index in [1.807, 2.05) is 78.9 Å². The highest BCUT2D eigenvalue weighted by Gasteiger charge is 2.28. The van der Waals surface area contributed by atoms with Crippen LogP contribution in [0.1, 0.15) is 23.1 Å². The summed E-state index contributed by atoms with van der Waals surface area (Å²) in [7, 11) is 3.26. The second kappa shape index (κ2) is 12.0. The fourth-order valence-electron chi connectivity index (χ4n) is 3.98. The molecule has 1 atom stereocenters. The molecule has 0 radical (unpaired) electrons. The zero-order valence-corrected chi connectivity index (χ0v) is 20.1. The third kappa shape index (κ3) is 6.61. The van der Waals surface area contributed by atoms with Crippen molar-refractivity contribution in [1.29, 1.82) is 0 Å². The van der Waals surface area contributed by atoms with Crippen LogP contribution in [0, 0.1) is 0 Å². The van der Waals surface area contributed by atoms with Crippen LogP contribution in [-0.2, 0) is 27.5 Å². The number of benzene rings is 3. The number of para-hydroxylation sites is 1. The molecule has 0 saturated carbocycles. The Morgan fingerprint density at radius 2 is 1.74 bits per heavy atom. The van der Waals surface area contributed by atoms with Crippen LogP contribution in [0.4, 0.5) is 0 Å². The fraction of sp³-hybridized carbons (Fsp3) is 0.286. The monoisotopic (exact) mass is 474 g/mol. The van der Waals surface area contributed by atoms with E-state index < -0.39 is 0 Å². The van der Waals surface area contributed by atoms with Crippen LogP contribution >= 0.6 is 0 Å². The Hall–Kier alpha value is -3.84. The molecule has 1 aliphatic rings. The number of oxime groups is 1. The number of hydrogen-bond donors (Lipinski definition) is 0. The molecule has 1 unspecified atom stereocenters. The van der Waals surface area contributed by atoms with Gasteiger partial charge < -0.3 is 23.9 Å². The van der Waals surface area contributed by atoms with Gasteiger partial charge in [-0.1, -0.05) is 59.8 Å². The van der Waals surface area contributed by atoms with Crippen LogP contribution in [0.25, 0.3) is 0 Å². The summed E-state index contributed by atoms with van der Waals surface area (Å²) in [4.78, 5) is 20.7. The highest BCUT2D eigenvalue weighted by Crippen LogP contribution is 2.25. The maximum absolute atomic E-state index is 13.2. The smallest absolute Gasteiger partial charge is 0.249 e. The van der Waals surface area contributed by atoms with E-state index in [1.165, 1.54) is 0 Å². The second-order valence-corrected chi connectivity index (χ2v) is 8.27. The molecular weight excluding hydrogens is 444 g/mol. The van der Waals surface area contributed by atoms with Gasteiger partial charge in [-0.05, 0) is 35.4 Å². The van der Waals surface area contributed by atoms with Gasteiger partial charge in [0, 0.05) is 18.5 Å². The first kappa shape index (κ1) is 24.3. The van der Waals surface area contributed by atoms with Gasteiger partial charge in [0.05, 0.1) is 33.1 Å². The maximum atomic E-state index is 13.2. The number of nitrogens with zero attached hydrogens (tertiary/aromatic N) is 2. The van der Waals surface area contributed by atoms with Gasteiger partial charge in [-0.15, -0.1) is 0 Å². The second-order valence-electron chi connectivity index (χ2n) is 8.27. The molecule has 0 aromatic heterocycles. The van der Waals surface area contributed by atoms with Crippen LogP contribution in [0.15, 0.2) is 84.0 Å². The number of amides is 1. The molecule has 1 aliphatic heterocycles. The van der Waals surface area contributed by atoms with Crippen molar-refractivity contribution in [2.24, 2.45) is 5.16 Å². The summed E-state index contributed by atoms with van der Waals surface area (Å²) >= 11 is 0. The molecule has 7 nitrogen and oxygen atoms in total. The first-order chi connectivity index (χ1) is 17.2. The van der Waals surface area contributed by atoms with Crippen LogP contribution in [0.3, 0.4) is 0 Å². The van der Waals surface area contributed by atoms with E-state index in [4.69, 9.17) is 19.0 Å². The highest BCUT2D eigenvalue weighted by molar-refractivity contribution is 6.03. The number of hydrogen-bond acceptors (Lipinski definition) is 6. The molecule has 3 aromatic rings. The van der Waals surface area contributed by atoms with E-state index >= 15 is 0 Å².